The first kappa shape index (κ1) is 32.3. The Morgan fingerprint density at radius 1 is 0.920 bits per heavy atom. The summed E-state index contributed by atoms with van der Waals surface area (Å²) >= 11 is 0. The number of carbonyl (C=O) groups excluding carboxylic acids is 3. The number of likely N-dealkylation sites (tertiary alicyclic amines) is 1. The van der Waals surface area contributed by atoms with Crippen LogP contribution in [0.25, 0.3) is 33.1 Å². The quantitative estimate of drug-likeness (QED) is 0.180. The first-order valence-corrected chi connectivity index (χ1v) is 16.2. The summed E-state index contributed by atoms with van der Waals surface area (Å²) < 4.78 is 28.0. The molecule has 0 spiro atoms. The lowest BCUT2D eigenvalue weighted by atomic mass is 10.1. The standard InChI is InChI=1S/C39H34FN5O5/c1-24(46)44-23-34(29-13-7-9-15-35(29)44)43-39(48)45-22-28(19-36(45)38(47)41-21-26-12-6-8-14-31(26)40)50-37-20-32(25-10-4-3-5-11-25)42-33-18-27(49-2)16-17-30(33)37/h3-18,20,23,28,36H,19,21-22H2,1-2H3,(H,41,47)(H,43,48)/t28-,36+/m1/s1. The molecule has 0 bridgehead atoms. The van der Waals surface area contributed by atoms with E-state index in [0.29, 0.717) is 44.9 Å². The number of urea groups is 1. The van der Waals surface area contributed by atoms with Crippen LogP contribution in [0.3, 0.4) is 0 Å². The lowest BCUT2D eigenvalue weighted by Crippen LogP contribution is -2.47. The van der Waals surface area contributed by atoms with Gasteiger partial charge in [0.05, 0.1) is 36.1 Å². The van der Waals surface area contributed by atoms with Gasteiger partial charge >= 0.3 is 6.03 Å². The highest BCUT2D eigenvalue weighted by atomic mass is 19.1. The summed E-state index contributed by atoms with van der Waals surface area (Å²) in [4.78, 5) is 46.4. The Balaban J connectivity index is 1.20. The minimum atomic E-state index is -0.935. The lowest BCUT2D eigenvalue weighted by molar-refractivity contribution is -0.124. The summed E-state index contributed by atoms with van der Waals surface area (Å²) in [5.74, 6) is 0.0856. The minimum absolute atomic E-state index is 0.0493. The molecule has 1 fully saturated rings. The number of anilines is 1. The van der Waals surface area contributed by atoms with E-state index < -0.39 is 29.9 Å². The summed E-state index contributed by atoms with van der Waals surface area (Å²) in [5, 5.41) is 7.15. The van der Waals surface area contributed by atoms with Crippen LogP contribution in [0.1, 0.15) is 23.7 Å². The molecule has 252 valence electrons. The zero-order valence-electron chi connectivity index (χ0n) is 27.4. The molecule has 2 atom stereocenters. The van der Waals surface area contributed by atoms with Crippen molar-refractivity contribution in [2.24, 2.45) is 0 Å². The Morgan fingerprint density at radius 3 is 2.46 bits per heavy atom. The van der Waals surface area contributed by atoms with Crippen LogP contribution in [-0.4, -0.2) is 58.1 Å². The van der Waals surface area contributed by atoms with E-state index in [2.05, 4.69) is 10.6 Å². The molecule has 0 saturated carbocycles. The van der Waals surface area contributed by atoms with Crippen LogP contribution in [0, 0.1) is 5.82 Å². The van der Waals surface area contributed by atoms with Crippen molar-refractivity contribution in [3.05, 3.63) is 121 Å². The number of methoxy groups -OCH3 is 1. The monoisotopic (exact) mass is 671 g/mol. The smallest absolute Gasteiger partial charge is 0.322 e. The van der Waals surface area contributed by atoms with E-state index in [0.717, 1.165) is 10.9 Å². The Kier molecular flexibility index (Phi) is 8.86. The van der Waals surface area contributed by atoms with Crippen molar-refractivity contribution < 1.29 is 28.2 Å². The molecule has 1 aliphatic heterocycles. The van der Waals surface area contributed by atoms with Gasteiger partial charge in [-0.25, -0.2) is 14.2 Å². The molecule has 4 aromatic carbocycles. The van der Waals surface area contributed by atoms with Crippen molar-refractivity contribution in [3.8, 4) is 22.8 Å². The third kappa shape index (κ3) is 6.45. The van der Waals surface area contributed by atoms with Crippen LogP contribution in [0.5, 0.6) is 11.5 Å². The molecule has 0 radical (unpaired) electrons. The second kappa shape index (κ2) is 13.7. The van der Waals surface area contributed by atoms with E-state index in [-0.39, 0.29) is 25.4 Å². The third-order valence-electron chi connectivity index (χ3n) is 8.87. The predicted molar refractivity (Wildman–Crippen MR) is 189 cm³/mol. The zero-order valence-corrected chi connectivity index (χ0v) is 27.4. The second-order valence-electron chi connectivity index (χ2n) is 12.1. The maximum Gasteiger partial charge on any atom is 0.322 e. The SMILES string of the molecule is COc1ccc2c(O[C@@H]3C[C@@H](C(=O)NCc4ccccc4F)N(C(=O)Nc4cn(C(C)=O)c5ccccc45)C3)cc(-c3ccccc3)nc2c1. The number of nitrogens with one attached hydrogen (secondary N) is 2. The van der Waals surface area contributed by atoms with Gasteiger partial charge in [0.15, 0.2) is 0 Å². The van der Waals surface area contributed by atoms with Gasteiger partial charge in [-0.15, -0.1) is 0 Å². The molecular formula is C39H34FN5O5. The van der Waals surface area contributed by atoms with E-state index in [1.807, 2.05) is 72.8 Å². The topological polar surface area (TPSA) is 115 Å². The van der Waals surface area contributed by atoms with Crippen LogP contribution in [0.2, 0.25) is 0 Å². The Hall–Kier alpha value is -6.23. The molecule has 2 aromatic heterocycles. The van der Waals surface area contributed by atoms with Gasteiger partial charge in [0.1, 0.15) is 29.5 Å². The molecule has 11 heteroatoms. The third-order valence-corrected chi connectivity index (χ3v) is 8.87. The summed E-state index contributed by atoms with van der Waals surface area (Å²) in [6.07, 6.45) is 1.16. The Bertz CT molecular complexity index is 2240. The fraction of sp³-hybridized carbons (Fsp3) is 0.179. The maximum atomic E-state index is 14.4. The average Bonchev–Trinajstić information content (AvgIpc) is 3.73. The van der Waals surface area contributed by atoms with Crippen molar-refractivity contribution in [2.45, 2.75) is 32.0 Å². The van der Waals surface area contributed by atoms with Crippen molar-refractivity contribution in [3.63, 3.8) is 0 Å². The normalized spacial score (nSPS) is 15.6. The first-order valence-electron chi connectivity index (χ1n) is 16.2. The van der Waals surface area contributed by atoms with Crippen molar-refractivity contribution >= 4 is 45.3 Å². The summed E-state index contributed by atoms with van der Waals surface area (Å²) in [6, 6.07) is 29.1. The summed E-state index contributed by atoms with van der Waals surface area (Å²) in [6.45, 7) is 1.47. The van der Waals surface area contributed by atoms with Gasteiger partial charge in [-0.05, 0) is 24.3 Å². The largest absolute Gasteiger partial charge is 0.497 e. The van der Waals surface area contributed by atoms with E-state index >= 15 is 0 Å². The van der Waals surface area contributed by atoms with Gasteiger partial charge in [-0.2, -0.15) is 0 Å². The minimum Gasteiger partial charge on any atom is -0.497 e. The van der Waals surface area contributed by atoms with Crippen molar-refractivity contribution in [1.29, 1.82) is 0 Å². The zero-order chi connectivity index (χ0) is 34.8. The number of para-hydroxylation sites is 1. The average molecular weight is 672 g/mol. The number of carbonyl (C=O) groups is 3. The van der Waals surface area contributed by atoms with Gasteiger partial charge in [-0.1, -0.05) is 66.7 Å². The highest BCUT2D eigenvalue weighted by molar-refractivity contribution is 6.05. The number of hydrogen-bond acceptors (Lipinski definition) is 6. The van der Waals surface area contributed by atoms with E-state index in [1.54, 1.807) is 37.6 Å². The highest BCUT2D eigenvalue weighted by Gasteiger charge is 2.41. The van der Waals surface area contributed by atoms with Gasteiger partial charge in [0.2, 0.25) is 11.8 Å². The van der Waals surface area contributed by atoms with Gasteiger partial charge in [-0.3, -0.25) is 14.2 Å². The number of aromatic nitrogens is 2. The Morgan fingerprint density at radius 2 is 1.68 bits per heavy atom. The Labute approximate surface area is 287 Å². The predicted octanol–water partition coefficient (Wildman–Crippen LogP) is 7.03. The number of amides is 3. The van der Waals surface area contributed by atoms with E-state index in [4.69, 9.17) is 14.5 Å². The molecule has 50 heavy (non-hydrogen) atoms. The van der Waals surface area contributed by atoms with Crippen LogP contribution in [0.15, 0.2) is 109 Å². The maximum absolute atomic E-state index is 14.4. The number of benzene rings is 4. The molecule has 3 amide bonds. The van der Waals surface area contributed by atoms with Gasteiger partial charge in [0, 0.05) is 60.1 Å². The number of pyridine rings is 1. The molecule has 1 aliphatic rings. The number of nitrogens with zero attached hydrogens (tertiary/aromatic N) is 3. The van der Waals surface area contributed by atoms with E-state index in [9.17, 15) is 18.8 Å². The second-order valence-corrected chi connectivity index (χ2v) is 12.1. The van der Waals surface area contributed by atoms with Crippen LogP contribution in [-0.2, 0) is 11.3 Å². The molecule has 1 saturated heterocycles. The molecule has 2 N–H and O–H groups in total. The summed E-state index contributed by atoms with van der Waals surface area (Å²) in [7, 11) is 1.59. The molecular weight excluding hydrogens is 637 g/mol. The number of rotatable bonds is 8. The fourth-order valence-electron chi connectivity index (χ4n) is 6.36. The van der Waals surface area contributed by atoms with Crippen molar-refractivity contribution in [2.75, 3.05) is 19.0 Å². The molecule has 7 rings (SSSR count). The lowest BCUT2D eigenvalue weighted by Gasteiger charge is -2.24. The van der Waals surface area contributed by atoms with Crippen molar-refractivity contribution in [1.82, 2.24) is 19.8 Å². The molecule has 10 nitrogen and oxygen atoms in total. The fourth-order valence-corrected chi connectivity index (χ4v) is 6.36. The number of fused-ring (bicyclic) bond motifs is 2. The molecule has 0 unspecified atom stereocenters. The van der Waals surface area contributed by atoms with E-state index in [1.165, 1.54) is 22.5 Å². The highest BCUT2D eigenvalue weighted by Crippen LogP contribution is 2.35. The molecule has 3 heterocycles. The summed E-state index contributed by atoms with van der Waals surface area (Å²) in [5.41, 5.74) is 3.64. The van der Waals surface area contributed by atoms with Crippen LogP contribution >= 0.6 is 0 Å². The van der Waals surface area contributed by atoms with Gasteiger partial charge < -0.3 is 25.0 Å². The number of hydrogen-bond donors (Lipinski definition) is 2. The molecule has 6 aromatic rings. The van der Waals surface area contributed by atoms with Gasteiger partial charge in [0.25, 0.3) is 0 Å². The molecule has 0 aliphatic carbocycles. The first-order chi connectivity index (χ1) is 24.3. The van der Waals surface area contributed by atoms with Crippen LogP contribution < -0.4 is 20.1 Å². The van der Waals surface area contributed by atoms with Crippen LogP contribution in [0.4, 0.5) is 14.9 Å². The number of halogens is 1. The number of ether oxygens (including phenoxy) is 2.